The lowest BCUT2D eigenvalue weighted by molar-refractivity contribution is 0.284. The number of aromatic nitrogens is 1. The SMILES string of the molecule is COc1ccccc1OCc1ncc(C(C)(C)N)s1. The Morgan fingerprint density at radius 2 is 1.95 bits per heavy atom. The van der Waals surface area contributed by atoms with Crippen molar-refractivity contribution in [2.75, 3.05) is 7.11 Å². The summed E-state index contributed by atoms with van der Waals surface area (Å²) >= 11 is 1.57. The van der Waals surface area contributed by atoms with Crippen molar-refractivity contribution in [3.8, 4) is 11.5 Å². The fourth-order valence-electron chi connectivity index (χ4n) is 1.55. The minimum atomic E-state index is -0.361. The number of ether oxygens (including phenoxy) is 2. The van der Waals surface area contributed by atoms with Crippen LogP contribution in [0.15, 0.2) is 30.5 Å². The molecule has 1 aromatic heterocycles. The lowest BCUT2D eigenvalue weighted by Crippen LogP contribution is -2.27. The molecule has 0 atom stereocenters. The average Bonchev–Trinajstić information content (AvgIpc) is 2.85. The molecule has 0 saturated heterocycles. The molecule has 0 amide bonds. The van der Waals surface area contributed by atoms with Crippen molar-refractivity contribution < 1.29 is 9.47 Å². The second-order valence-electron chi connectivity index (χ2n) is 4.78. The molecule has 1 aromatic carbocycles. The van der Waals surface area contributed by atoms with Crippen LogP contribution < -0.4 is 15.2 Å². The molecule has 0 aliphatic heterocycles. The van der Waals surface area contributed by atoms with E-state index in [-0.39, 0.29) is 5.54 Å². The van der Waals surface area contributed by atoms with E-state index in [1.807, 2.05) is 44.3 Å². The fourth-order valence-corrected chi connectivity index (χ4v) is 2.40. The first kappa shape index (κ1) is 13.8. The highest BCUT2D eigenvalue weighted by atomic mass is 32.1. The van der Waals surface area contributed by atoms with E-state index in [1.54, 1.807) is 18.4 Å². The van der Waals surface area contributed by atoms with Crippen molar-refractivity contribution in [3.05, 3.63) is 40.3 Å². The van der Waals surface area contributed by atoms with Crippen LogP contribution in [0.25, 0.3) is 0 Å². The number of hydrogen-bond donors (Lipinski definition) is 1. The summed E-state index contributed by atoms with van der Waals surface area (Å²) in [5.74, 6) is 1.44. The number of para-hydroxylation sites is 2. The van der Waals surface area contributed by atoms with E-state index >= 15 is 0 Å². The summed E-state index contributed by atoms with van der Waals surface area (Å²) in [6, 6.07) is 7.56. The van der Waals surface area contributed by atoms with Gasteiger partial charge in [0.25, 0.3) is 0 Å². The van der Waals surface area contributed by atoms with Crippen LogP contribution >= 0.6 is 11.3 Å². The summed E-state index contributed by atoms with van der Waals surface area (Å²) in [5, 5.41) is 0.902. The molecule has 0 bridgehead atoms. The molecular weight excluding hydrogens is 260 g/mol. The summed E-state index contributed by atoms with van der Waals surface area (Å²) in [5.41, 5.74) is 5.67. The lowest BCUT2D eigenvalue weighted by Gasteiger charge is -2.14. The van der Waals surface area contributed by atoms with Gasteiger partial charge in [0.05, 0.1) is 7.11 Å². The normalized spacial score (nSPS) is 11.4. The quantitative estimate of drug-likeness (QED) is 0.913. The van der Waals surface area contributed by atoms with E-state index in [0.29, 0.717) is 12.4 Å². The predicted molar refractivity (Wildman–Crippen MR) is 76.7 cm³/mol. The molecular formula is C14H18N2O2S. The Morgan fingerprint density at radius 1 is 1.26 bits per heavy atom. The maximum absolute atomic E-state index is 6.03. The third kappa shape index (κ3) is 3.45. The highest BCUT2D eigenvalue weighted by Crippen LogP contribution is 2.28. The number of nitrogens with zero attached hydrogens (tertiary/aromatic N) is 1. The van der Waals surface area contributed by atoms with Gasteiger partial charge in [-0.05, 0) is 26.0 Å². The summed E-state index contributed by atoms with van der Waals surface area (Å²) in [7, 11) is 1.63. The summed E-state index contributed by atoms with van der Waals surface area (Å²) < 4.78 is 11.0. The molecule has 0 aliphatic carbocycles. The fraction of sp³-hybridized carbons (Fsp3) is 0.357. The van der Waals surface area contributed by atoms with Crippen LogP contribution in [0.1, 0.15) is 23.7 Å². The van der Waals surface area contributed by atoms with Gasteiger partial charge >= 0.3 is 0 Å². The van der Waals surface area contributed by atoms with Gasteiger partial charge < -0.3 is 15.2 Å². The third-order valence-corrected chi connectivity index (χ3v) is 3.92. The molecule has 4 nitrogen and oxygen atoms in total. The molecule has 0 unspecified atom stereocenters. The highest BCUT2D eigenvalue weighted by molar-refractivity contribution is 7.11. The van der Waals surface area contributed by atoms with Crippen molar-refractivity contribution in [3.63, 3.8) is 0 Å². The summed E-state index contributed by atoms with van der Waals surface area (Å²) in [4.78, 5) is 5.37. The van der Waals surface area contributed by atoms with Crippen LogP contribution in [0, 0.1) is 0 Å². The third-order valence-electron chi connectivity index (χ3n) is 2.61. The molecule has 2 rings (SSSR count). The first-order chi connectivity index (χ1) is 9.00. The predicted octanol–water partition coefficient (Wildman–Crippen LogP) is 2.92. The van der Waals surface area contributed by atoms with Crippen LogP contribution in [0.3, 0.4) is 0 Å². The first-order valence-electron chi connectivity index (χ1n) is 6.00. The van der Waals surface area contributed by atoms with Crippen LogP contribution in [0.2, 0.25) is 0 Å². The number of methoxy groups -OCH3 is 1. The molecule has 19 heavy (non-hydrogen) atoms. The van der Waals surface area contributed by atoms with Gasteiger partial charge in [0.15, 0.2) is 11.5 Å². The monoisotopic (exact) mass is 278 g/mol. The van der Waals surface area contributed by atoms with Gasteiger partial charge in [-0.2, -0.15) is 0 Å². The van der Waals surface area contributed by atoms with E-state index in [9.17, 15) is 0 Å². The van der Waals surface area contributed by atoms with Crippen molar-refractivity contribution in [1.82, 2.24) is 4.98 Å². The molecule has 0 aliphatic rings. The Hall–Kier alpha value is -1.59. The molecule has 0 saturated carbocycles. The zero-order valence-corrected chi connectivity index (χ0v) is 12.2. The molecule has 102 valence electrons. The number of hydrogen-bond acceptors (Lipinski definition) is 5. The second-order valence-corrected chi connectivity index (χ2v) is 5.89. The molecule has 2 N–H and O–H groups in total. The van der Waals surface area contributed by atoms with E-state index < -0.39 is 0 Å². The van der Waals surface area contributed by atoms with Gasteiger partial charge in [-0.1, -0.05) is 12.1 Å². The second kappa shape index (κ2) is 5.59. The zero-order valence-electron chi connectivity index (χ0n) is 11.3. The van der Waals surface area contributed by atoms with Gasteiger partial charge in [0.1, 0.15) is 11.6 Å². The van der Waals surface area contributed by atoms with Gasteiger partial charge in [-0.3, -0.25) is 0 Å². The molecule has 2 aromatic rings. The van der Waals surface area contributed by atoms with E-state index in [1.165, 1.54) is 0 Å². The van der Waals surface area contributed by atoms with Crippen LogP contribution in [-0.4, -0.2) is 12.1 Å². The number of benzene rings is 1. The van der Waals surface area contributed by atoms with E-state index in [0.717, 1.165) is 15.6 Å². The topological polar surface area (TPSA) is 57.4 Å². The number of nitrogens with two attached hydrogens (primary N) is 1. The van der Waals surface area contributed by atoms with Gasteiger partial charge in [0.2, 0.25) is 0 Å². The van der Waals surface area contributed by atoms with Crippen LogP contribution in [-0.2, 0) is 12.1 Å². The smallest absolute Gasteiger partial charge is 0.161 e. The molecule has 1 heterocycles. The van der Waals surface area contributed by atoms with Crippen molar-refractivity contribution in [2.24, 2.45) is 5.73 Å². The first-order valence-corrected chi connectivity index (χ1v) is 6.82. The van der Waals surface area contributed by atoms with E-state index in [2.05, 4.69) is 4.98 Å². The molecule has 0 radical (unpaired) electrons. The van der Waals surface area contributed by atoms with Crippen molar-refractivity contribution in [2.45, 2.75) is 26.0 Å². The lowest BCUT2D eigenvalue weighted by atomic mass is 10.1. The Labute approximate surface area is 117 Å². The van der Waals surface area contributed by atoms with Crippen LogP contribution in [0.5, 0.6) is 11.5 Å². The Bertz CT molecular complexity index is 546. The summed E-state index contributed by atoms with van der Waals surface area (Å²) in [6.07, 6.45) is 1.81. The Morgan fingerprint density at radius 3 is 2.53 bits per heavy atom. The Balaban J connectivity index is 2.05. The van der Waals surface area contributed by atoms with Gasteiger partial charge in [-0.25, -0.2) is 4.98 Å². The zero-order chi connectivity index (χ0) is 13.9. The van der Waals surface area contributed by atoms with E-state index in [4.69, 9.17) is 15.2 Å². The Kier molecular flexibility index (Phi) is 4.07. The molecule has 0 fully saturated rings. The summed E-state index contributed by atoms with van der Waals surface area (Å²) in [6.45, 7) is 4.35. The number of rotatable bonds is 5. The maximum atomic E-state index is 6.03. The maximum Gasteiger partial charge on any atom is 0.161 e. The molecule has 5 heteroatoms. The minimum absolute atomic E-state index is 0.361. The largest absolute Gasteiger partial charge is 0.493 e. The van der Waals surface area contributed by atoms with Crippen molar-refractivity contribution in [1.29, 1.82) is 0 Å². The number of thiazole rings is 1. The minimum Gasteiger partial charge on any atom is -0.493 e. The average molecular weight is 278 g/mol. The van der Waals surface area contributed by atoms with Crippen LogP contribution in [0.4, 0.5) is 0 Å². The standard InChI is InChI=1S/C14H18N2O2S/c1-14(2,15)12-8-16-13(19-12)9-18-11-7-5-4-6-10(11)17-3/h4-8H,9,15H2,1-3H3. The van der Waals surface area contributed by atoms with Gasteiger partial charge in [0, 0.05) is 16.6 Å². The van der Waals surface area contributed by atoms with Crippen molar-refractivity contribution >= 4 is 11.3 Å². The highest BCUT2D eigenvalue weighted by Gasteiger charge is 2.17. The molecule has 0 spiro atoms. The van der Waals surface area contributed by atoms with Gasteiger partial charge in [-0.15, -0.1) is 11.3 Å².